The van der Waals surface area contributed by atoms with Crippen molar-refractivity contribution in [2.24, 2.45) is 4.99 Å². The molecule has 3 aromatic rings. The Morgan fingerprint density at radius 2 is 1.84 bits per heavy atom. The average molecular weight is 746 g/mol. The number of esters is 1. The van der Waals surface area contributed by atoms with Crippen molar-refractivity contribution in [1.29, 1.82) is 0 Å². The predicted octanol–water partition coefficient (Wildman–Crippen LogP) is 4.03. The number of rotatable bonds is 8. The number of hydrogen-bond acceptors (Lipinski definition) is 8. The highest BCUT2D eigenvalue weighted by Gasteiger charge is 2.31. The summed E-state index contributed by atoms with van der Waals surface area (Å²) in [5.41, 5.74) is 1.43. The highest BCUT2D eigenvalue weighted by atomic mass is 127. The summed E-state index contributed by atoms with van der Waals surface area (Å²) in [6.07, 6.45) is 3.27. The highest BCUT2D eigenvalue weighted by Crippen LogP contribution is 2.35. The summed E-state index contributed by atoms with van der Waals surface area (Å²) in [4.78, 5) is 31.5. The van der Waals surface area contributed by atoms with Crippen LogP contribution in [0.5, 0.6) is 17.2 Å². The quantitative estimate of drug-likeness (QED) is 0.256. The van der Waals surface area contributed by atoms with E-state index in [1.165, 1.54) is 29.2 Å². The monoisotopic (exact) mass is 746 g/mol. The van der Waals surface area contributed by atoms with E-state index in [2.05, 4.69) is 50.2 Å². The van der Waals surface area contributed by atoms with Crippen LogP contribution in [-0.2, 0) is 9.53 Å². The molecule has 0 saturated carbocycles. The second-order valence-electron chi connectivity index (χ2n) is 7.76. The molecule has 4 rings (SSSR count). The Balaban J connectivity index is 1.94. The lowest BCUT2D eigenvalue weighted by atomic mass is 9.97. The number of carbonyl (C=O) groups is 1. The van der Waals surface area contributed by atoms with E-state index in [1.54, 1.807) is 25.3 Å². The molecule has 194 valence electrons. The van der Waals surface area contributed by atoms with E-state index >= 15 is 0 Å². The van der Waals surface area contributed by atoms with Crippen molar-refractivity contribution >= 4 is 68.6 Å². The van der Waals surface area contributed by atoms with Crippen molar-refractivity contribution in [2.45, 2.75) is 19.9 Å². The Hall–Kier alpha value is -2.39. The minimum Gasteiger partial charge on any atom is -0.495 e. The largest absolute Gasteiger partial charge is 0.495 e. The van der Waals surface area contributed by atoms with Crippen LogP contribution in [0.15, 0.2) is 51.9 Å². The van der Waals surface area contributed by atoms with Gasteiger partial charge in [-0.25, -0.2) is 9.79 Å². The zero-order valence-electron chi connectivity index (χ0n) is 20.5. The molecule has 0 amide bonds. The molecule has 0 fully saturated rings. The molecule has 37 heavy (non-hydrogen) atoms. The first-order valence-electron chi connectivity index (χ1n) is 11.3. The van der Waals surface area contributed by atoms with E-state index in [0.29, 0.717) is 45.4 Å². The lowest BCUT2D eigenvalue weighted by Crippen LogP contribution is -2.39. The first-order valence-corrected chi connectivity index (χ1v) is 14.3. The van der Waals surface area contributed by atoms with Gasteiger partial charge in [0.15, 0.2) is 16.3 Å². The maximum atomic E-state index is 13.8. The van der Waals surface area contributed by atoms with Crippen LogP contribution in [-0.4, -0.2) is 38.0 Å². The summed E-state index contributed by atoms with van der Waals surface area (Å²) < 4.78 is 26.1. The van der Waals surface area contributed by atoms with Gasteiger partial charge < -0.3 is 18.9 Å². The molecule has 1 aliphatic heterocycles. The normalized spacial score (nSPS) is 14.9. The van der Waals surface area contributed by atoms with Gasteiger partial charge in [-0.1, -0.05) is 17.4 Å². The standard InChI is InChI=1S/C26H24I2N2O6S/c1-5-35-19-8-7-14(10-20(19)36-6-2)22-17(25(32)34-4)13-29-26-30(22)24(31)21(37-26)11-15-9-16(27)12-18(28)23(15)33-3/h7-13,22H,5-6H2,1-4H3/b21-11+/t22-/m0/s1. The second kappa shape index (κ2) is 12.0. The second-order valence-corrected chi connectivity index (χ2v) is 11.2. The Labute approximate surface area is 244 Å². The van der Waals surface area contributed by atoms with E-state index in [-0.39, 0.29) is 11.1 Å². The number of thiazole rings is 1. The number of nitrogens with zero attached hydrogens (tertiary/aromatic N) is 2. The zero-order valence-corrected chi connectivity index (χ0v) is 25.7. The number of aromatic nitrogens is 1. The Kier molecular flexibility index (Phi) is 8.95. The molecule has 11 heteroatoms. The number of hydrogen-bond donors (Lipinski definition) is 0. The van der Waals surface area contributed by atoms with E-state index in [4.69, 9.17) is 18.9 Å². The highest BCUT2D eigenvalue weighted by molar-refractivity contribution is 14.1. The van der Waals surface area contributed by atoms with Crippen molar-refractivity contribution in [3.63, 3.8) is 0 Å². The van der Waals surface area contributed by atoms with Crippen molar-refractivity contribution < 1.29 is 23.7 Å². The first kappa shape index (κ1) is 27.6. The van der Waals surface area contributed by atoms with Crippen molar-refractivity contribution in [2.75, 3.05) is 27.4 Å². The molecule has 0 spiro atoms. The van der Waals surface area contributed by atoms with E-state index in [9.17, 15) is 9.59 Å². The Morgan fingerprint density at radius 3 is 2.51 bits per heavy atom. The number of halogens is 2. The molecular weight excluding hydrogens is 722 g/mol. The van der Waals surface area contributed by atoms with Crippen LogP contribution in [0.25, 0.3) is 6.08 Å². The molecule has 0 radical (unpaired) electrons. The van der Waals surface area contributed by atoms with Gasteiger partial charge in [0.1, 0.15) is 5.75 Å². The molecule has 0 saturated heterocycles. The van der Waals surface area contributed by atoms with Gasteiger partial charge in [-0.3, -0.25) is 9.36 Å². The third-order valence-corrected chi connectivity index (χ3v) is 7.96. The summed E-state index contributed by atoms with van der Waals surface area (Å²) in [5.74, 6) is 1.24. The van der Waals surface area contributed by atoms with Crippen LogP contribution in [0.4, 0.5) is 0 Å². The maximum absolute atomic E-state index is 13.8. The molecule has 8 nitrogen and oxygen atoms in total. The maximum Gasteiger partial charge on any atom is 0.337 e. The molecule has 2 aromatic carbocycles. The van der Waals surface area contributed by atoms with Crippen molar-refractivity contribution in [3.05, 3.63) is 80.1 Å². The third kappa shape index (κ3) is 5.58. The fraction of sp³-hybridized carbons (Fsp3) is 0.269. The van der Waals surface area contributed by atoms with Gasteiger partial charge in [-0.05, 0) is 94.9 Å². The predicted molar refractivity (Wildman–Crippen MR) is 158 cm³/mol. The van der Waals surface area contributed by atoms with Crippen LogP contribution in [0, 0.1) is 7.14 Å². The van der Waals surface area contributed by atoms with Crippen molar-refractivity contribution in [1.82, 2.24) is 4.57 Å². The number of fused-ring (bicyclic) bond motifs is 1. The number of benzene rings is 2. The van der Waals surface area contributed by atoms with Gasteiger partial charge in [0.25, 0.3) is 5.56 Å². The van der Waals surface area contributed by atoms with Crippen LogP contribution < -0.4 is 29.1 Å². The number of methoxy groups -OCH3 is 2. The number of ether oxygens (including phenoxy) is 4. The van der Waals surface area contributed by atoms with E-state index in [1.807, 2.05) is 32.0 Å². The molecule has 0 unspecified atom stereocenters. The van der Waals surface area contributed by atoms with Crippen LogP contribution >= 0.6 is 56.5 Å². The minimum atomic E-state index is -0.751. The van der Waals surface area contributed by atoms with E-state index < -0.39 is 12.0 Å². The molecule has 0 aliphatic carbocycles. The summed E-state index contributed by atoms with van der Waals surface area (Å²) >= 11 is 5.70. The lowest BCUT2D eigenvalue weighted by Gasteiger charge is -2.23. The molecule has 1 aromatic heterocycles. The van der Waals surface area contributed by atoms with Gasteiger partial charge in [0.2, 0.25) is 0 Å². The van der Waals surface area contributed by atoms with Crippen LogP contribution in [0.1, 0.15) is 31.0 Å². The molecule has 0 bridgehead atoms. The van der Waals surface area contributed by atoms with Crippen LogP contribution in [0.3, 0.4) is 0 Å². The molecule has 1 aliphatic rings. The topological polar surface area (TPSA) is 88.4 Å². The van der Waals surface area contributed by atoms with Gasteiger partial charge in [0.05, 0.1) is 47.2 Å². The SMILES string of the molecule is CCOc1ccc([C@H]2C(C(=O)OC)=CN=c3s/c(=C/c4cc(I)cc(I)c4OC)c(=O)n32)cc1OCC. The summed E-state index contributed by atoms with van der Waals surface area (Å²) in [7, 11) is 2.91. The number of carbonyl (C=O) groups excluding carboxylic acids is 1. The Bertz CT molecular complexity index is 1560. The molecule has 0 N–H and O–H groups in total. The van der Waals surface area contributed by atoms with Crippen LogP contribution in [0.2, 0.25) is 0 Å². The molecular formula is C26H24I2N2O6S. The Morgan fingerprint density at radius 1 is 1.11 bits per heavy atom. The lowest BCUT2D eigenvalue weighted by molar-refractivity contribution is -0.136. The summed E-state index contributed by atoms with van der Waals surface area (Å²) in [6.45, 7) is 4.68. The molecule has 1 atom stereocenters. The average Bonchev–Trinajstić information content (AvgIpc) is 3.19. The minimum absolute atomic E-state index is 0.245. The first-order chi connectivity index (χ1) is 17.8. The van der Waals surface area contributed by atoms with Crippen molar-refractivity contribution in [3.8, 4) is 17.2 Å². The third-order valence-electron chi connectivity index (χ3n) is 5.54. The fourth-order valence-corrected chi connectivity index (χ4v) is 7.10. The smallest absolute Gasteiger partial charge is 0.337 e. The zero-order chi connectivity index (χ0) is 26.7. The van der Waals surface area contributed by atoms with Gasteiger partial charge in [-0.2, -0.15) is 0 Å². The summed E-state index contributed by atoms with van der Waals surface area (Å²) in [6, 6.07) is 8.61. The van der Waals surface area contributed by atoms with E-state index in [0.717, 1.165) is 12.7 Å². The summed E-state index contributed by atoms with van der Waals surface area (Å²) in [5, 5.41) is 0. The molecule has 2 heterocycles. The fourth-order valence-electron chi connectivity index (χ4n) is 4.03. The van der Waals surface area contributed by atoms with Gasteiger partial charge in [0, 0.05) is 15.3 Å². The van der Waals surface area contributed by atoms with Gasteiger partial charge in [-0.15, -0.1) is 0 Å². The van der Waals surface area contributed by atoms with Gasteiger partial charge >= 0.3 is 5.97 Å².